The van der Waals surface area contributed by atoms with E-state index in [2.05, 4.69) is 26.7 Å². The Hall–Kier alpha value is -2.16. The Balaban J connectivity index is 2.29. The van der Waals surface area contributed by atoms with Crippen LogP contribution in [0.1, 0.15) is 5.69 Å². The Morgan fingerprint density at radius 3 is 2.88 bits per heavy atom. The van der Waals surface area contributed by atoms with Crippen molar-refractivity contribution in [1.82, 2.24) is 14.5 Å². The standard InChI is InChI=1S/C13H11N3/c1-10-4-5-11-6-8-16(13(11)15-10)12-3-2-7-14-9-12/h2-9H,1H3. The summed E-state index contributed by atoms with van der Waals surface area (Å²) in [6.45, 7) is 2.00. The molecule has 0 aromatic carbocycles. The fourth-order valence-electron chi connectivity index (χ4n) is 1.81. The molecular weight excluding hydrogens is 198 g/mol. The number of nitrogens with zero attached hydrogens (tertiary/aromatic N) is 3. The van der Waals surface area contributed by atoms with Gasteiger partial charge in [0, 0.05) is 23.5 Å². The van der Waals surface area contributed by atoms with Crippen LogP contribution < -0.4 is 0 Å². The number of pyridine rings is 2. The molecule has 0 N–H and O–H groups in total. The van der Waals surface area contributed by atoms with Crippen molar-refractivity contribution in [2.24, 2.45) is 0 Å². The van der Waals surface area contributed by atoms with Crippen molar-refractivity contribution in [2.45, 2.75) is 6.92 Å². The van der Waals surface area contributed by atoms with E-state index in [1.165, 1.54) is 0 Å². The summed E-state index contributed by atoms with van der Waals surface area (Å²) < 4.78 is 2.05. The van der Waals surface area contributed by atoms with Crippen LogP contribution in [0.2, 0.25) is 0 Å². The molecular formula is C13H11N3. The Morgan fingerprint density at radius 2 is 2.06 bits per heavy atom. The summed E-state index contributed by atoms with van der Waals surface area (Å²) in [7, 11) is 0. The highest BCUT2D eigenvalue weighted by molar-refractivity contribution is 5.78. The Morgan fingerprint density at radius 1 is 1.12 bits per heavy atom. The average Bonchev–Trinajstić information content (AvgIpc) is 2.73. The first-order valence-electron chi connectivity index (χ1n) is 5.20. The number of fused-ring (bicyclic) bond motifs is 1. The highest BCUT2D eigenvalue weighted by atomic mass is 15.0. The summed E-state index contributed by atoms with van der Waals surface area (Å²) in [5, 5.41) is 1.15. The molecule has 3 heterocycles. The smallest absolute Gasteiger partial charge is 0.144 e. The highest BCUT2D eigenvalue weighted by Gasteiger charge is 2.03. The van der Waals surface area contributed by atoms with Crippen LogP contribution in [0.5, 0.6) is 0 Å². The van der Waals surface area contributed by atoms with Crippen LogP contribution in [0.3, 0.4) is 0 Å². The van der Waals surface area contributed by atoms with Crippen LogP contribution in [0.4, 0.5) is 0 Å². The summed E-state index contributed by atoms with van der Waals surface area (Å²) in [4.78, 5) is 8.67. The fourth-order valence-corrected chi connectivity index (χ4v) is 1.81. The summed E-state index contributed by atoms with van der Waals surface area (Å²) in [6.07, 6.45) is 5.63. The van der Waals surface area contributed by atoms with E-state index in [1.54, 1.807) is 6.20 Å². The van der Waals surface area contributed by atoms with Gasteiger partial charge in [-0.15, -0.1) is 0 Å². The topological polar surface area (TPSA) is 30.7 Å². The van der Waals surface area contributed by atoms with E-state index in [9.17, 15) is 0 Å². The van der Waals surface area contributed by atoms with Gasteiger partial charge >= 0.3 is 0 Å². The lowest BCUT2D eigenvalue weighted by atomic mass is 10.3. The van der Waals surface area contributed by atoms with E-state index < -0.39 is 0 Å². The Bertz CT molecular complexity index is 626. The molecule has 0 fully saturated rings. The molecule has 3 aromatic rings. The Labute approximate surface area is 93.4 Å². The third kappa shape index (κ3) is 1.37. The molecule has 16 heavy (non-hydrogen) atoms. The van der Waals surface area contributed by atoms with Crippen molar-refractivity contribution in [3.8, 4) is 5.69 Å². The monoisotopic (exact) mass is 209 g/mol. The van der Waals surface area contributed by atoms with Gasteiger partial charge in [0.15, 0.2) is 0 Å². The maximum atomic E-state index is 4.55. The lowest BCUT2D eigenvalue weighted by Gasteiger charge is -2.03. The van der Waals surface area contributed by atoms with Crippen molar-refractivity contribution < 1.29 is 0 Å². The van der Waals surface area contributed by atoms with Crippen molar-refractivity contribution in [3.63, 3.8) is 0 Å². The largest absolute Gasteiger partial charge is 0.300 e. The molecule has 78 valence electrons. The zero-order valence-electron chi connectivity index (χ0n) is 8.96. The molecule has 0 bridgehead atoms. The molecule has 3 rings (SSSR count). The summed E-state index contributed by atoms with van der Waals surface area (Å²) >= 11 is 0. The van der Waals surface area contributed by atoms with Crippen molar-refractivity contribution >= 4 is 11.0 Å². The molecule has 0 radical (unpaired) electrons. The number of rotatable bonds is 1. The van der Waals surface area contributed by atoms with Gasteiger partial charge in [-0.2, -0.15) is 0 Å². The molecule has 3 heteroatoms. The zero-order chi connectivity index (χ0) is 11.0. The fraction of sp³-hybridized carbons (Fsp3) is 0.0769. The van der Waals surface area contributed by atoms with Crippen LogP contribution >= 0.6 is 0 Å². The number of hydrogen-bond acceptors (Lipinski definition) is 2. The van der Waals surface area contributed by atoms with Gasteiger partial charge in [0.1, 0.15) is 5.65 Å². The van der Waals surface area contributed by atoms with Crippen LogP contribution in [-0.2, 0) is 0 Å². The van der Waals surface area contributed by atoms with Gasteiger partial charge in [-0.3, -0.25) is 9.55 Å². The molecule has 0 atom stereocenters. The van der Waals surface area contributed by atoms with Gasteiger partial charge in [-0.05, 0) is 37.3 Å². The van der Waals surface area contributed by atoms with E-state index in [0.29, 0.717) is 0 Å². The lowest BCUT2D eigenvalue weighted by Crippen LogP contribution is -1.94. The molecule has 0 aliphatic heterocycles. The van der Waals surface area contributed by atoms with Crippen LogP contribution in [0, 0.1) is 6.92 Å². The van der Waals surface area contributed by atoms with Crippen LogP contribution in [0.15, 0.2) is 48.9 Å². The van der Waals surface area contributed by atoms with Gasteiger partial charge in [0.05, 0.1) is 11.9 Å². The molecule has 0 unspecified atom stereocenters. The van der Waals surface area contributed by atoms with Crippen molar-refractivity contribution in [1.29, 1.82) is 0 Å². The average molecular weight is 209 g/mol. The van der Waals surface area contributed by atoms with Crippen molar-refractivity contribution in [3.05, 3.63) is 54.6 Å². The zero-order valence-corrected chi connectivity index (χ0v) is 8.96. The van der Waals surface area contributed by atoms with E-state index >= 15 is 0 Å². The lowest BCUT2D eigenvalue weighted by molar-refractivity contribution is 1.06. The minimum atomic E-state index is 0.980. The van der Waals surface area contributed by atoms with Crippen LogP contribution in [0.25, 0.3) is 16.7 Å². The van der Waals surface area contributed by atoms with E-state index in [0.717, 1.165) is 22.4 Å². The molecule has 0 spiro atoms. The van der Waals surface area contributed by atoms with Crippen molar-refractivity contribution in [2.75, 3.05) is 0 Å². The molecule has 0 amide bonds. The first-order chi connectivity index (χ1) is 7.84. The SMILES string of the molecule is Cc1ccc2ccn(-c3cccnc3)c2n1. The maximum absolute atomic E-state index is 4.55. The van der Waals surface area contributed by atoms with E-state index in [1.807, 2.05) is 37.5 Å². The normalized spacial score (nSPS) is 10.8. The first-order valence-corrected chi connectivity index (χ1v) is 5.20. The predicted molar refractivity (Wildman–Crippen MR) is 63.6 cm³/mol. The molecule has 0 aliphatic rings. The van der Waals surface area contributed by atoms with Gasteiger partial charge in [0.25, 0.3) is 0 Å². The summed E-state index contributed by atoms with van der Waals surface area (Å²) in [6, 6.07) is 10.1. The minimum absolute atomic E-state index is 0.980. The number of hydrogen-bond donors (Lipinski definition) is 0. The van der Waals surface area contributed by atoms with Gasteiger partial charge in [-0.25, -0.2) is 4.98 Å². The second-order valence-electron chi connectivity index (χ2n) is 3.76. The van der Waals surface area contributed by atoms with Gasteiger partial charge in [0.2, 0.25) is 0 Å². The highest BCUT2D eigenvalue weighted by Crippen LogP contribution is 2.18. The molecule has 0 saturated heterocycles. The van der Waals surface area contributed by atoms with Crippen LogP contribution in [-0.4, -0.2) is 14.5 Å². The molecule has 3 nitrogen and oxygen atoms in total. The third-order valence-electron chi connectivity index (χ3n) is 2.60. The second-order valence-corrected chi connectivity index (χ2v) is 3.76. The minimum Gasteiger partial charge on any atom is -0.300 e. The van der Waals surface area contributed by atoms with E-state index in [-0.39, 0.29) is 0 Å². The summed E-state index contributed by atoms with van der Waals surface area (Å²) in [5.41, 5.74) is 3.04. The number of aromatic nitrogens is 3. The predicted octanol–water partition coefficient (Wildman–Crippen LogP) is 2.73. The van der Waals surface area contributed by atoms with Gasteiger partial charge < -0.3 is 0 Å². The Kier molecular flexibility index (Phi) is 1.96. The first kappa shape index (κ1) is 9.09. The summed E-state index contributed by atoms with van der Waals surface area (Å²) in [5.74, 6) is 0. The number of aryl methyl sites for hydroxylation is 1. The maximum Gasteiger partial charge on any atom is 0.144 e. The quantitative estimate of drug-likeness (QED) is 0.617. The van der Waals surface area contributed by atoms with Gasteiger partial charge in [-0.1, -0.05) is 0 Å². The molecule has 3 aromatic heterocycles. The second kappa shape index (κ2) is 3.45. The molecule has 0 aliphatic carbocycles. The van der Waals surface area contributed by atoms with E-state index in [4.69, 9.17) is 0 Å². The molecule has 0 saturated carbocycles. The third-order valence-corrected chi connectivity index (χ3v) is 2.60.